The molecule has 5 heteroatoms. The zero-order valence-electron chi connectivity index (χ0n) is 5.36. The molecule has 0 bridgehead atoms. The Morgan fingerprint density at radius 3 is 2.50 bits per heavy atom. The van der Waals surface area contributed by atoms with E-state index in [0.717, 1.165) is 0 Å². The fourth-order valence-electron chi connectivity index (χ4n) is 1.17. The van der Waals surface area contributed by atoms with E-state index in [2.05, 4.69) is 0 Å². The van der Waals surface area contributed by atoms with E-state index in [-0.39, 0.29) is 6.42 Å². The molecule has 1 aliphatic carbocycles. The molecule has 2 unspecified atom stereocenters. The zero-order chi connectivity index (χ0) is 7.78. The van der Waals surface area contributed by atoms with E-state index in [1.54, 1.807) is 0 Å². The summed E-state index contributed by atoms with van der Waals surface area (Å²) in [5.41, 5.74) is -2.07. The molecule has 5 nitrogen and oxygen atoms in total. The summed E-state index contributed by atoms with van der Waals surface area (Å²) in [6.07, 6.45) is -0.306. The van der Waals surface area contributed by atoms with E-state index >= 15 is 0 Å². The fraction of sp³-hybridized carbons (Fsp3) is 1.00. The van der Waals surface area contributed by atoms with Crippen LogP contribution >= 0.6 is 0 Å². The molecule has 1 fully saturated rings. The minimum atomic E-state index is -2.07. The van der Waals surface area contributed by atoms with Crippen molar-refractivity contribution in [2.75, 3.05) is 0 Å². The third-order valence-electron chi connectivity index (χ3n) is 1.87. The quantitative estimate of drug-likeness (QED) is 0.297. The van der Waals surface area contributed by atoms with Crippen molar-refractivity contribution in [2.45, 2.75) is 31.1 Å². The third-order valence-corrected chi connectivity index (χ3v) is 1.87. The normalized spacial score (nSPS) is 40.0. The Labute approximate surface area is 57.4 Å². The van der Waals surface area contributed by atoms with Gasteiger partial charge in [-0.2, -0.15) is 0 Å². The lowest BCUT2D eigenvalue weighted by Crippen LogP contribution is -2.44. The van der Waals surface area contributed by atoms with E-state index in [4.69, 9.17) is 10.2 Å². The van der Waals surface area contributed by atoms with Gasteiger partial charge in [0.15, 0.2) is 6.10 Å². The van der Waals surface area contributed by atoms with Gasteiger partial charge in [0.2, 0.25) is 0 Å². The molecule has 2 N–H and O–H groups in total. The van der Waals surface area contributed by atoms with Gasteiger partial charge in [0.05, 0.1) is 4.92 Å². The highest BCUT2D eigenvalue weighted by atomic mass is 16.7. The number of hydrogen-bond acceptors (Lipinski definition) is 4. The molecule has 10 heavy (non-hydrogen) atoms. The first-order valence-corrected chi connectivity index (χ1v) is 3.12. The maximum absolute atomic E-state index is 10.1. The van der Waals surface area contributed by atoms with Crippen LogP contribution in [0.2, 0.25) is 0 Å². The van der Waals surface area contributed by atoms with Gasteiger partial charge >= 0.3 is 5.72 Å². The summed E-state index contributed by atoms with van der Waals surface area (Å²) in [6, 6.07) is 0. The predicted molar refractivity (Wildman–Crippen MR) is 31.8 cm³/mol. The van der Waals surface area contributed by atoms with Crippen LogP contribution in [0.5, 0.6) is 0 Å². The summed E-state index contributed by atoms with van der Waals surface area (Å²) in [5.74, 6) is 0. The van der Waals surface area contributed by atoms with Crippen LogP contribution in [0.4, 0.5) is 0 Å². The fourth-order valence-corrected chi connectivity index (χ4v) is 1.17. The number of hydrogen-bond donors (Lipinski definition) is 2. The van der Waals surface area contributed by atoms with E-state index < -0.39 is 16.8 Å². The lowest BCUT2D eigenvalue weighted by molar-refractivity contribution is -0.633. The summed E-state index contributed by atoms with van der Waals surface area (Å²) in [4.78, 5) is 9.31. The molecule has 0 aromatic carbocycles. The third kappa shape index (κ3) is 0.871. The molecule has 58 valence electrons. The topological polar surface area (TPSA) is 83.6 Å². The van der Waals surface area contributed by atoms with Gasteiger partial charge in [-0.3, -0.25) is 10.1 Å². The van der Waals surface area contributed by atoms with Gasteiger partial charge in [0.25, 0.3) is 0 Å². The average molecular weight is 147 g/mol. The summed E-state index contributed by atoms with van der Waals surface area (Å²) < 4.78 is 0. The molecule has 0 amide bonds. The smallest absolute Gasteiger partial charge is 0.348 e. The first-order chi connectivity index (χ1) is 4.57. The van der Waals surface area contributed by atoms with Crippen LogP contribution in [0, 0.1) is 10.1 Å². The standard InChI is InChI=1S/C5H9NO4/c7-4-2-1-3-5(4,8)6(9)10/h4,7-8H,1-3H2. The zero-order valence-corrected chi connectivity index (χ0v) is 5.36. The van der Waals surface area contributed by atoms with Gasteiger partial charge in [0, 0.05) is 6.42 Å². The van der Waals surface area contributed by atoms with Crippen LogP contribution < -0.4 is 0 Å². The Hall–Kier alpha value is -0.680. The SMILES string of the molecule is O=[N+]([O-])C1(O)CCCC1O. The minimum Gasteiger partial charge on any atom is -0.383 e. The van der Waals surface area contributed by atoms with Crippen molar-refractivity contribution in [2.24, 2.45) is 0 Å². The molecule has 1 aliphatic rings. The maximum atomic E-state index is 10.1. The Bertz CT molecular complexity index is 160. The van der Waals surface area contributed by atoms with Gasteiger partial charge < -0.3 is 10.2 Å². The van der Waals surface area contributed by atoms with Crippen LogP contribution in [0.1, 0.15) is 19.3 Å². The highest BCUT2D eigenvalue weighted by Crippen LogP contribution is 2.29. The van der Waals surface area contributed by atoms with E-state index in [9.17, 15) is 10.1 Å². The molecule has 0 spiro atoms. The van der Waals surface area contributed by atoms with Gasteiger partial charge in [-0.15, -0.1) is 0 Å². The van der Waals surface area contributed by atoms with Gasteiger partial charge in [-0.25, -0.2) is 0 Å². The minimum absolute atomic E-state index is 0.0567. The molecule has 1 saturated carbocycles. The van der Waals surface area contributed by atoms with Gasteiger partial charge in [0.1, 0.15) is 0 Å². The molecule has 0 aromatic rings. The Morgan fingerprint density at radius 1 is 1.70 bits per heavy atom. The lowest BCUT2D eigenvalue weighted by Gasteiger charge is -2.15. The number of aliphatic hydroxyl groups excluding tert-OH is 1. The second kappa shape index (κ2) is 2.17. The molecule has 0 aliphatic heterocycles. The number of rotatable bonds is 1. The molecule has 2 atom stereocenters. The highest BCUT2D eigenvalue weighted by molar-refractivity contribution is 4.82. The summed E-state index contributed by atoms with van der Waals surface area (Å²) in [6.45, 7) is 0. The molecule has 0 heterocycles. The van der Waals surface area contributed by atoms with Gasteiger partial charge in [-0.05, 0) is 12.8 Å². The van der Waals surface area contributed by atoms with Crippen LogP contribution in [0.25, 0.3) is 0 Å². The van der Waals surface area contributed by atoms with Crippen molar-refractivity contribution >= 4 is 0 Å². The first kappa shape index (κ1) is 7.43. The Morgan fingerprint density at radius 2 is 2.30 bits per heavy atom. The number of aliphatic hydroxyl groups is 2. The van der Waals surface area contributed by atoms with E-state index in [1.165, 1.54) is 0 Å². The van der Waals surface area contributed by atoms with Crippen molar-refractivity contribution in [3.8, 4) is 0 Å². The number of nitrogens with zero attached hydrogens (tertiary/aromatic N) is 1. The maximum Gasteiger partial charge on any atom is 0.348 e. The lowest BCUT2D eigenvalue weighted by atomic mass is 10.2. The van der Waals surface area contributed by atoms with Crippen molar-refractivity contribution in [1.82, 2.24) is 0 Å². The first-order valence-electron chi connectivity index (χ1n) is 3.12. The molecular formula is C5H9NO4. The second-order valence-corrected chi connectivity index (χ2v) is 2.54. The molecule has 1 rings (SSSR count). The predicted octanol–water partition coefficient (Wildman–Crippen LogP) is -0.504. The summed E-state index contributed by atoms with van der Waals surface area (Å²) >= 11 is 0. The molecule has 0 radical (unpaired) electrons. The molecular weight excluding hydrogens is 138 g/mol. The number of nitro groups is 1. The Kier molecular flexibility index (Phi) is 1.61. The van der Waals surface area contributed by atoms with E-state index in [1.807, 2.05) is 0 Å². The van der Waals surface area contributed by atoms with Crippen molar-refractivity contribution < 1.29 is 15.1 Å². The van der Waals surface area contributed by atoms with Crippen LogP contribution in [-0.4, -0.2) is 27.0 Å². The summed E-state index contributed by atoms with van der Waals surface area (Å²) in [7, 11) is 0. The van der Waals surface area contributed by atoms with Crippen LogP contribution in [0.3, 0.4) is 0 Å². The van der Waals surface area contributed by atoms with Gasteiger partial charge in [-0.1, -0.05) is 0 Å². The van der Waals surface area contributed by atoms with Crippen molar-refractivity contribution in [3.05, 3.63) is 10.1 Å². The van der Waals surface area contributed by atoms with E-state index in [0.29, 0.717) is 12.8 Å². The highest BCUT2D eigenvalue weighted by Gasteiger charge is 2.51. The summed E-state index contributed by atoms with van der Waals surface area (Å²) in [5, 5.41) is 28.1. The molecule has 0 aromatic heterocycles. The largest absolute Gasteiger partial charge is 0.383 e. The average Bonchev–Trinajstić information content (AvgIpc) is 2.15. The van der Waals surface area contributed by atoms with Crippen molar-refractivity contribution in [3.63, 3.8) is 0 Å². The second-order valence-electron chi connectivity index (χ2n) is 2.54. The monoisotopic (exact) mass is 147 g/mol. The molecule has 0 saturated heterocycles. The Balaban J connectivity index is 2.75. The van der Waals surface area contributed by atoms with Crippen LogP contribution in [-0.2, 0) is 0 Å². The van der Waals surface area contributed by atoms with Crippen molar-refractivity contribution in [1.29, 1.82) is 0 Å². The van der Waals surface area contributed by atoms with Crippen LogP contribution in [0.15, 0.2) is 0 Å².